The van der Waals surface area contributed by atoms with Crippen molar-refractivity contribution in [2.45, 2.75) is 12.5 Å². The van der Waals surface area contributed by atoms with Gasteiger partial charge in [0.05, 0.1) is 22.4 Å². The van der Waals surface area contributed by atoms with E-state index in [1.165, 1.54) is 5.56 Å². The highest BCUT2D eigenvalue weighted by Gasteiger charge is 2.30. The predicted octanol–water partition coefficient (Wildman–Crippen LogP) is 8.52. The van der Waals surface area contributed by atoms with E-state index in [9.17, 15) is 10.1 Å². The Balaban J connectivity index is 1.26. The van der Waals surface area contributed by atoms with Gasteiger partial charge < -0.3 is 0 Å². The molecule has 0 radical (unpaired) electrons. The lowest BCUT2D eigenvalue weighted by atomic mass is 9.98. The van der Waals surface area contributed by atoms with E-state index in [4.69, 9.17) is 5.10 Å². The summed E-state index contributed by atoms with van der Waals surface area (Å²) < 4.78 is 0. The second-order valence-corrected chi connectivity index (χ2v) is 10.1. The molecule has 1 aliphatic carbocycles. The molecule has 2 aliphatic rings. The molecule has 7 rings (SSSR count). The van der Waals surface area contributed by atoms with Gasteiger partial charge in [-0.15, -0.1) is 0 Å². The Morgan fingerprint density at radius 3 is 2.10 bits per heavy atom. The fourth-order valence-corrected chi connectivity index (χ4v) is 5.74. The molecular weight excluding hydrogens is 494 g/mol. The highest BCUT2D eigenvalue weighted by atomic mass is 16.6. The summed E-state index contributed by atoms with van der Waals surface area (Å²) in [5.74, 6) is 0. The first-order valence-corrected chi connectivity index (χ1v) is 13.3. The standard InChI is InChI=1S/C35H25N3O2/c39-38(40)28-19-20-31-29-13-7-8-14-30(29)32(33(31)22-28)21-24-15-17-27(18-16-24)37-35(26-11-5-2-6-12-26)23-34(36-37)25-9-3-1-4-10-25/h1-22,35H,23H2. The maximum atomic E-state index is 11.5. The number of fused-ring (bicyclic) bond motifs is 3. The van der Waals surface area contributed by atoms with Gasteiger partial charge in [-0.05, 0) is 68.8 Å². The number of nitrogens with zero attached hydrogens (tertiary/aromatic N) is 3. The Morgan fingerprint density at radius 1 is 0.725 bits per heavy atom. The molecule has 1 aliphatic heterocycles. The summed E-state index contributed by atoms with van der Waals surface area (Å²) >= 11 is 0. The van der Waals surface area contributed by atoms with Crippen LogP contribution in [0.4, 0.5) is 11.4 Å². The fraction of sp³-hybridized carbons (Fsp3) is 0.0571. The second kappa shape index (κ2) is 9.79. The first-order valence-electron chi connectivity index (χ1n) is 13.3. The molecular formula is C35H25N3O2. The molecule has 0 N–H and O–H groups in total. The van der Waals surface area contributed by atoms with Gasteiger partial charge in [0.1, 0.15) is 0 Å². The van der Waals surface area contributed by atoms with E-state index in [2.05, 4.69) is 83.9 Å². The predicted molar refractivity (Wildman–Crippen MR) is 161 cm³/mol. The van der Waals surface area contributed by atoms with Crippen LogP contribution in [-0.2, 0) is 0 Å². The monoisotopic (exact) mass is 519 g/mol. The van der Waals surface area contributed by atoms with Gasteiger partial charge in [0.25, 0.3) is 5.69 Å². The normalized spacial score (nSPS) is 16.5. The Bertz CT molecular complexity index is 1790. The molecule has 40 heavy (non-hydrogen) atoms. The Morgan fingerprint density at radius 2 is 1.38 bits per heavy atom. The zero-order chi connectivity index (χ0) is 27.1. The molecule has 0 fully saturated rings. The molecule has 0 saturated carbocycles. The maximum Gasteiger partial charge on any atom is 0.270 e. The summed E-state index contributed by atoms with van der Waals surface area (Å²) in [6.45, 7) is 0. The third-order valence-corrected chi connectivity index (χ3v) is 7.68. The molecule has 5 aromatic rings. The molecule has 192 valence electrons. The number of hydrogen-bond donors (Lipinski definition) is 0. The minimum atomic E-state index is -0.334. The van der Waals surface area contributed by atoms with Gasteiger partial charge in [-0.1, -0.05) is 97.1 Å². The number of hydrogen-bond acceptors (Lipinski definition) is 4. The van der Waals surface area contributed by atoms with E-state index < -0.39 is 0 Å². The molecule has 5 aromatic carbocycles. The maximum absolute atomic E-state index is 11.5. The Kier molecular flexibility index (Phi) is 5.82. The summed E-state index contributed by atoms with van der Waals surface area (Å²) in [5.41, 5.74) is 10.7. The van der Waals surface area contributed by atoms with E-state index in [0.717, 1.165) is 56.8 Å². The first-order chi connectivity index (χ1) is 19.7. The summed E-state index contributed by atoms with van der Waals surface area (Å²) in [4.78, 5) is 11.2. The number of hydrazone groups is 1. The lowest BCUT2D eigenvalue weighted by Gasteiger charge is -2.24. The number of nitro benzene ring substituents is 1. The molecule has 0 amide bonds. The summed E-state index contributed by atoms with van der Waals surface area (Å²) in [5, 5.41) is 18.7. The molecule has 1 unspecified atom stereocenters. The third kappa shape index (κ3) is 4.18. The van der Waals surface area contributed by atoms with Crippen molar-refractivity contribution in [1.82, 2.24) is 0 Å². The highest BCUT2D eigenvalue weighted by molar-refractivity contribution is 6.07. The van der Waals surface area contributed by atoms with Crippen LogP contribution in [0.5, 0.6) is 0 Å². The van der Waals surface area contributed by atoms with E-state index in [1.54, 1.807) is 12.1 Å². The molecule has 1 heterocycles. The molecule has 5 heteroatoms. The number of nitro groups is 1. The van der Waals surface area contributed by atoms with Crippen LogP contribution in [0.2, 0.25) is 0 Å². The van der Waals surface area contributed by atoms with Crippen molar-refractivity contribution in [1.29, 1.82) is 0 Å². The molecule has 0 spiro atoms. The van der Waals surface area contributed by atoms with E-state index in [0.29, 0.717) is 0 Å². The SMILES string of the molecule is O=[N+]([O-])c1ccc2c(c1)C(=Cc1ccc(N3N=C(c4ccccc4)CC3c3ccccc3)cc1)c1ccccc1-2. The Labute approximate surface area is 232 Å². The summed E-state index contributed by atoms with van der Waals surface area (Å²) in [6.07, 6.45) is 2.95. The van der Waals surface area contributed by atoms with Crippen LogP contribution in [0.25, 0.3) is 22.8 Å². The van der Waals surface area contributed by atoms with Crippen molar-refractivity contribution in [2.75, 3.05) is 5.01 Å². The van der Waals surface area contributed by atoms with Crippen LogP contribution in [-0.4, -0.2) is 10.6 Å². The van der Waals surface area contributed by atoms with E-state index in [-0.39, 0.29) is 16.7 Å². The topological polar surface area (TPSA) is 58.7 Å². The molecule has 1 atom stereocenters. The van der Waals surface area contributed by atoms with Crippen molar-refractivity contribution in [3.8, 4) is 11.1 Å². The zero-order valence-corrected chi connectivity index (χ0v) is 21.6. The Hall–Kier alpha value is -5.29. The second-order valence-electron chi connectivity index (χ2n) is 10.1. The minimum absolute atomic E-state index is 0.0980. The molecule has 0 saturated heterocycles. The van der Waals surface area contributed by atoms with Crippen molar-refractivity contribution in [3.05, 3.63) is 165 Å². The summed E-state index contributed by atoms with van der Waals surface area (Å²) in [6, 6.07) is 42.7. The van der Waals surface area contributed by atoms with Gasteiger partial charge in [-0.2, -0.15) is 5.10 Å². The molecule has 5 nitrogen and oxygen atoms in total. The largest absolute Gasteiger partial charge is 0.270 e. The van der Waals surface area contributed by atoms with Gasteiger partial charge >= 0.3 is 0 Å². The van der Waals surface area contributed by atoms with Gasteiger partial charge in [-0.25, -0.2) is 0 Å². The van der Waals surface area contributed by atoms with Gasteiger partial charge in [-0.3, -0.25) is 15.1 Å². The smallest absolute Gasteiger partial charge is 0.258 e. The number of benzene rings is 5. The van der Waals surface area contributed by atoms with Crippen molar-refractivity contribution in [2.24, 2.45) is 5.10 Å². The zero-order valence-electron chi connectivity index (χ0n) is 21.6. The quantitative estimate of drug-likeness (QED) is 0.169. The van der Waals surface area contributed by atoms with Crippen LogP contribution in [0, 0.1) is 10.1 Å². The van der Waals surface area contributed by atoms with E-state index >= 15 is 0 Å². The minimum Gasteiger partial charge on any atom is -0.258 e. The van der Waals surface area contributed by atoms with Gasteiger partial charge in [0.2, 0.25) is 0 Å². The average molecular weight is 520 g/mol. The van der Waals surface area contributed by atoms with Crippen LogP contribution in [0.1, 0.15) is 40.3 Å². The number of anilines is 1. The number of non-ortho nitro benzene ring substituents is 1. The van der Waals surface area contributed by atoms with Crippen molar-refractivity contribution < 1.29 is 4.92 Å². The van der Waals surface area contributed by atoms with Crippen LogP contribution in [0.15, 0.2) is 132 Å². The van der Waals surface area contributed by atoms with Crippen molar-refractivity contribution in [3.63, 3.8) is 0 Å². The third-order valence-electron chi connectivity index (χ3n) is 7.68. The highest BCUT2D eigenvalue weighted by Crippen LogP contribution is 2.46. The molecule has 0 bridgehead atoms. The van der Waals surface area contributed by atoms with Crippen molar-refractivity contribution >= 4 is 28.7 Å². The molecule has 0 aromatic heterocycles. The van der Waals surface area contributed by atoms with Gasteiger partial charge in [0, 0.05) is 18.6 Å². The van der Waals surface area contributed by atoms with Crippen LogP contribution < -0.4 is 5.01 Å². The van der Waals surface area contributed by atoms with Crippen LogP contribution >= 0.6 is 0 Å². The summed E-state index contributed by atoms with van der Waals surface area (Å²) in [7, 11) is 0. The fourth-order valence-electron chi connectivity index (χ4n) is 5.74. The average Bonchev–Trinajstić information content (AvgIpc) is 3.59. The van der Waals surface area contributed by atoms with Gasteiger partial charge in [0.15, 0.2) is 0 Å². The first kappa shape index (κ1) is 23.8. The van der Waals surface area contributed by atoms with Crippen LogP contribution in [0.3, 0.4) is 0 Å². The lowest BCUT2D eigenvalue weighted by Crippen LogP contribution is -2.18. The number of rotatable bonds is 5. The van der Waals surface area contributed by atoms with E-state index in [1.807, 2.05) is 42.5 Å². The lowest BCUT2D eigenvalue weighted by molar-refractivity contribution is -0.384.